The highest BCUT2D eigenvalue weighted by molar-refractivity contribution is 5.95. The highest BCUT2D eigenvalue weighted by Gasteiger charge is 2.07. The van der Waals surface area contributed by atoms with Crippen molar-refractivity contribution in [3.8, 4) is 11.5 Å². The van der Waals surface area contributed by atoms with Crippen LogP contribution in [-0.4, -0.2) is 24.3 Å². The van der Waals surface area contributed by atoms with E-state index in [-0.39, 0.29) is 11.7 Å². The summed E-state index contributed by atoms with van der Waals surface area (Å²) in [5, 5.41) is 13.4. The first-order chi connectivity index (χ1) is 10.1. The molecule has 2 aromatic carbocycles. The van der Waals surface area contributed by atoms with Gasteiger partial charge in [-0.2, -0.15) is 5.10 Å². The zero-order valence-electron chi connectivity index (χ0n) is 11.8. The molecule has 0 atom stereocenters. The fourth-order valence-corrected chi connectivity index (χ4v) is 1.78. The van der Waals surface area contributed by atoms with Gasteiger partial charge >= 0.3 is 0 Å². The van der Waals surface area contributed by atoms with Crippen molar-refractivity contribution in [2.24, 2.45) is 5.10 Å². The van der Waals surface area contributed by atoms with Gasteiger partial charge in [0.05, 0.1) is 13.3 Å². The zero-order valence-corrected chi connectivity index (χ0v) is 11.8. The molecule has 0 aliphatic rings. The Kier molecular flexibility index (Phi) is 4.56. The first-order valence-corrected chi connectivity index (χ1v) is 6.38. The smallest absolute Gasteiger partial charge is 0.271 e. The van der Waals surface area contributed by atoms with Crippen LogP contribution in [-0.2, 0) is 0 Å². The van der Waals surface area contributed by atoms with E-state index < -0.39 is 0 Å². The Hall–Kier alpha value is -2.82. The van der Waals surface area contributed by atoms with Gasteiger partial charge in [0.15, 0.2) is 0 Å². The van der Waals surface area contributed by atoms with Crippen LogP contribution in [0, 0.1) is 6.92 Å². The lowest BCUT2D eigenvalue weighted by molar-refractivity contribution is 0.0954. The average Bonchev–Trinajstić information content (AvgIpc) is 2.49. The highest BCUT2D eigenvalue weighted by Crippen LogP contribution is 2.18. The number of hydrogen-bond acceptors (Lipinski definition) is 4. The van der Waals surface area contributed by atoms with Crippen molar-refractivity contribution < 1.29 is 14.6 Å². The van der Waals surface area contributed by atoms with Crippen molar-refractivity contribution in [2.75, 3.05) is 7.11 Å². The molecule has 5 heteroatoms. The number of phenols is 1. The molecule has 0 aromatic heterocycles. The molecule has 0 heterocycles. The number of methoxy groups -OCH3 is 1. The number of benzene rings is 2. The third-order valence-electron chi connectivity index (χ3n) is 2.98. The number of carbonyl (C=O) groups is 1. The number of ether oxygens (including phenoxy) is 1. The fraction of sp³-hybridized carbons (Fsp3) is 0.125. The number of para-hydroxylation sites is 1. The Labute approximate surface area is 122 Å². The summed E-state index contributed by atoms with van der Waals surface area (Å²) in [5.74, 6) is 0.403. The van der Waals surface area contributed by atoms with E-state index in [1.54, 1.807) is 49.6 Å². The maximum atomic E-state index is 12.0. The van der Waals surface area contributed by atoms with E-state index in [9.17, 15) is 9.90 Å². The van der Waals surface area contributed by atoms with Crippen molar-refractivity contribution in [2.45, 2.75) is 6.92 Å². The molecule has 0 saturated carbocycles. The standard InChI is InChI=1S/C16H16N2O3/c1-11-7-8-12(9-15(11)21-2)16(20)18-17-10-13-5-3-4-6-14(13)19/h3-10,19H,1-2H3,(H,18,20). The molecule has 2 rings (SSSR count). The number of nitrogens with one attached hydrogen (secondary N) is 1. The molecule has 0 aliphatic carbocycles. The van der Waals surface area contributed by atoms with Crippen molar-refractivity contribution >= 4 is 12.1 Å². The summed E-state index contributed by atoms with van der Waals surface area (Å²) in [6.07, 6.45) is 1.39. The number of aryl methyl sites for hydroxylation is 1. The van der Waals surface area contributed by atoms with Gasteiger partial charge in [0, 0.05) is 11.1 Å². The van der Waals surface area contributed by atoms with Gasteiger partial charge in [0.1, 0.15) is 11.5 Å². The predicted molar refractivity (Wildman–Crippen MR) is 80.9 cm³/mol. The molecule has 5 nitrogen and oxygen atoms in total. The van der Waals surface area contributed by atoms with Crippen LogP contribution in [0.4, 0.5) is 0 Å². The second kappa shape index (κ2) is 6.56. The zero-order chi connectivity index (χ0) is 15.2. The number of nitrogens with zero attached hydrogens (tertiary/aromatic N) is 1. The fourth-order valence-electron chi connectivity index (χ4n) is 1.78. The van der Waals surface area contributed by atoms with E-state index in [0.717, 1.165) is 5.56 Å². The summed E-state index contributed by atoms with van der Waals surface area (Å²) in [4.78, 5) is 12.0. The second-order valence-electron chi connectivity index (χ2n) is 4.44. The molecule has 0 radical (unpaired) electrons. The molecule has 21 heavy (non-hydrogen) atoms. The number of carbonyl (C=O) groups excluding carboxylic acids is 1. The molecule has 2 aromatic rings. The predicted octanol–water partition coefficient (Wildman–Crippen LogP) is 2.47. The van der Waals surface area contributed by atoms with Crippen LogP contribution in [0.2, 0.25) is 0 Å². The minimum atomic E-state index is -0.347. The van der Waals surface area contributed by atoms with Crippen molar-refractivity contribution in [3.05, 3.63) is 59.2 Å². The molecule has 0 saturated heterocycles. The number of rotatable bonds is 4. The van der Waals surface area contributed by atoms with Gasteiger partial charge in [-0.1, -0.05) is 18.2 Å². The largest absolute Gasteiger partial charge is 0.507 e. The highest BCUT2D eigenvalue weighted by atomic mass is 16.5. The third-order valence-corrected chi connectivity index (χ3v) is 2.98. The van der Waals surface area contributed by atoms with Crippen LogP contribution in [0.15, 0.2) is 47.6 Å². The molecule has 108 valence electrons. The van der Waals surface area contributed by atoms with Gasteiger partial charge in [-0.15, -0.1) is 0 Å². The van der Waals surface area contributed by atoms with Gasteiger partial charge in [0.2, 0.25) is 0 Å². The van der Waals surface area contributed by atoms with Crippen LogP contribution in [0.1, 0.15) is 21.5 Å². The van der Waals surface area contributed by atoms with Crippen LogP contribution in [0.5, 0.6) is 11.5 Å². The Morgan fingerprint density at radius 2 is 2.05 bits per heavy atom. The number of amides is 1. The summed E-state index contributed by atoms with van der Waals surface area (Å²) in [6, 6.07) is 11.9. The van der Waals surface area contributed by atoms with Crippen molar-refractivity contribution in [3.63, 3.8) is 0 Å². The number of hydrazone groups is 1. The van der Waals surface area contributed by atoms with E-state index in [1.807, 2.05) is 6.92 Å². The molecular weight excluding hydrogens is 268 g/mol. The second-order valence-corrected chi connectivity index (χ2v) is 4.44. The number of hydrogen-bond donors (Lipinski definition) is 2. The summed E-state index contributed by atoms with van der Waals surface area (Å²) in [7, 11) is 1.56. The van der Waals surface area contributed by atoms with E-state index in [0.29, 0.717) is 16.9 Å². The van der Waals surface area contributed by atoms with Gasteiger partial charge < -0.3 is 9.84 Å². The molecular formula is C16H16N2O3. The summed E-state index contributed by atoms with van der Waals surface area (Å²) in [6.45, 7) is 1.90. The lowest BCUT2D eigenvalue weighted by atomic mass is 10.1. The first-order valence-electron chi connectivity index (χ1n) is 6.38. The Morgan fingerprint density at radius 3 is 2.76 bits per heavy atom. The van der Waals surface area contributed by atoms with Gasteiger partial charge in [-0.05, 0) is 36.8 Å². The van der Waals surface area contributed by atoms with Crippen molar-refractivity contribution in [1.29, 1.82) is 0 Å². The van der Waals surface area contributed by atoms with Gasteiger partial charge in [-0.25, -0.2) is 5.43 Å². The molecule has 2 N–H and O–H groups in total. The molecule has 0 aliphatic heterocycles. The molecule has 0 unspecified atom stereocenters. The molecule has 1 amide bonds. The third kappa shape index (κ3) is 3.60. The average molecular weight is 284 g/mol. The first kappa shape index (κ1) is 14.6. The Morgan fingerprint density at radius 1 is 1.29 bits per heavy atom. The molecule has 0 bridgehead atoms. The topological polar surface area (TPSA) is 70.9 Å². The normalized spacial score (nSPS) is 10.6. The summed E-state index contributed by atoms with van der Waals surface area (Å²) < 4.78 is 5.17. The maximum absolute atomic E-state index is 12.0. The lowest BCUT2D eigenvalue weighted by Gasteiger charge is -2.06. The van der Waals surface area contributed by atoms with Gasteiger partial charge in [0.25, 0.3) is 5.91 Å². The molecule has 0 fully saturated rings. The van der Waals surface area contributed by atoms with Crippen LogP contribution >= 0.6 is 0 Å². The van der Waals surface area contributed by atoms with E-state index >= 15 is 0 Å². The Bertz CT molecular complexity index is 681. The maximum Gasteiger partial charge on any atom is 0.271 e. The minimum absolute atomic E-state index is 0.104. The minimum Gasteiger partial charge on any atom is -0.507 e. The van der Waals surface area contributed by atoms with E-state index in [4.69, 9.17) is 4.74 Å². The lowest BCUT2D eigenvalue weighted by Crippen LogP contribution is -2.17. The monoisotopic (exact) mass is 284 g/mol. The van der Waals surface area contributed by atoms with Crippen LogP contribution < -0.4 is 10.2 Å². The summed E-state index contributed by atoms with van der Waals surface area (Å²) >= 11 is 0. The van der Waals surface area contributed by atoms with E-state index in [2.05, 4.69) is 10.5 Å². The SMILES string of the molecule is COc1cc(C(=O)NN=Cc2ccccc2O)ccc1C. The number of aromatic hydroxyl groups is 1. The van der Waals surface area contributed by atoms with E-state index in [1.165, 1.54) is 6.21 Å². The molecule has 0 spiro atoms. The van der Waals surface area contributed by atoms with Crippen LogP contribution in [0.3, 0.4) is 0 Å². The number of phenolic OH excluding ortho intramolecular Hbond substituents is 1. The Balaban J connectivity index is 2.07. The summed E-state index contributed by atoms with van der Waals surface area (Å²) in [5.41, 5.74) is 4.34. The van der Waals surface area contributed by atoms with Gasteiger partial charge in [-0.3, -0.25) is 4.79 Å². The quantitative estimate of drug-likeness (QED) is 0.669. The van der Waals surface area contributed by atoms with Crippen LogP contribution in [0.25, 0.3) is 0 Å². The van der Waals surface area contributed by atoms with Crippen molar-refractivity contribution in [1.82, 2.24) is 5.43 Å².